The van der Waals surface area contributed by atoms with E-state index in [-0.39, 0.29) is 0 Å². The summed E-state index contributed by atoms with van der Waals surface area (Å²) >= 11 is 0. The Hall–Kier alpha value is 0.451. The van der Waals surface area contributed by atoms with E-state index in [1.165, 1.54) is 0 Å². The first-order valence-electron chi connectivity index (χ1n) is 10.4. The summed E-state index contributed by atoms with van der Waals surface area (Å²) in [5, 5.41) is 3.39. The number of hydrogen-bond acceptors (Lipinski definition) is 5. The van der Waals surface area contributed by atoms with Crippen LogP contribution in [0.15, 0.2) is 0 Å². The molecule has 0 saturated carbocycles. The highest BCUT2D eigenvalue weighted by atomic mass is 28.5. The van der Waals surface area contributed by atoms with Crippen molar-refractivity contribution in [2.75, 3.05) is 32.8 Å². The molecule has 0 rings (SSSR count). The van der Waals surface area contributed by atoms with Crippen LogP contribution in [0.2, 0.25) is 50.9 Å². The van der Waals surface area contributed by atoms with Gasteiger partial charge in [0.15, 0.2) is 16.6 Å². The van der Waals surface area contributed by atoms with Crippen LogP contribution in [0.25, 0.3) is 0 Å². The van der Waals surface area contributed by atoms with Crippen LogP contribution in [-0.4, -0.2) is 58.0 Å². The van der Waals surface area contributed by atoms with Gasteiger partial charge in [0, 0.05) is 26.3 Å². The molecule has 0 spiro atoms. The van der Waals surface area contributed by atoms with Gasteiger partial charge in [-0.1, -0.05) is 13.8 Å². The highest BCUT2D eigenvalue weighted by molar-refractivity contribution is 6.88. The highest BCUT2D eigenvalue weighted by Gasteiger charge is 2.42. The van der Waals surface area contributed by atoms with Gasteiger partial charge in [0.1, 0.15) is 0 Å². The number of nitrogens with one attached hydrogen (secondary N) is 1. The Morgan fingerprint density at radius 3 is 2.12 bits per heavy atom. The van der Waals surface area contributed by atoms with Gasteiger partial charge in [-0.25, -0.2) is 0 Å². The quantitative estimate of drug-likeness (QED) is 0.289. The normalized spacial score (nSPS) is 16.5. The topological polar surface area (TPSA) is 65.7 Å². The van der Waals surface area contributed by atoms with Gasteiger partial charge in [-0.15, -0.1) is 0 Å². The number of ether oxygens (including phenoxy) is 1. The van der Waals surface area contributed by atoms with Gasteiger partial charge in [0.25, 0.3) is 0 Å². The minimum Gasteiger partial charge on any atom is -0.436 e. The maximum absolute atomic E-state index is 6.90. The molecule has 3 N–H and O–H groups in total. The second-order valence-electron chi connectivity index (χ2n) is 8.82. The van der Waals surface area contributed by atoms with E-state index >= 15 is 0 Å². The van der Waals surface area contributed by atoms with Crippen molar-refractivity contribution in [3.63, 3.8) is 0 Å². The van der Waals surface area contributed by atoms with Crippen molar-refractivity contribution < 1.29 is 13.0 Å². The van der Waals surface area contributed by atoms with Gasteiger partial charge in [-0.2, -0.15) is 0 Å². The molecule has 2 unspecified atom stereocenters. The molecule has 0 aromatic heterocycles. The van der Waals surface area contributed by atoms with Crippen LogP contribution in [0.4, 0.5) is 0 Å². The molecule has 0 fully saturated rings. The Bertz CT molecular complexity index is 374. The van der Waals surface area contributed by atoms with Crippen LogP contribution < -0.4 is 11.1 Å². The summed E-state index contributed by atoms with van der Waals surface area (Å²) in [4.78, 5) is 0. The zero-order valence-electron chi connectivity index (χ0n) is 18.7. The zero-order chi connectivity index (χ0) is 20.3. The molecule has 0 aliphatic carbocycles. The van der Waals surface area contributed by atoms with E-state index in [2.05, 4.69) is 58.8 Å². The second kappa shape index (κ2) is 12.8. The van der Waals surface area contributed by atoms with Crippen LogP contribution in [-0.2, 0) is 13.0 Å². The number of hydrogen-bond donors (Lipinski definition) is 2. The SMILES string of the molecule is CCOCC(C)C[Si](C)(C)O[Si](C)(CCCNCCN)O[Si](C)(C)CC. The van der Waals surface area contributed by atoms with E-state index in [0.29, 0.717) is 12.5 Å². The Balaban J connectivity index is 4.90. The first-order chi connectivity index (χ1) is 12.0. The summed E-state index contributed by atoms with van der Waals surface area (Å²) < 4.78 is 19.3. The fraction of sp³-hybridized carbons (Fsp3) is 1.00. The molecule has 0 amide bonds. The lowest BCUT2D eigenvalue weighted by Gasteiger charge is -2.41. The number of nitrogens with two attached hydrogens (primary N) is 1. The molecule has 0 saturated heterocycles. The van der Waals surface area contributed by atoms with Crippen molar-refractivity contribution in [2.45, 2.75) is 78.1 Å². The molecule has 0 aliphatic rings. The van der Waals surface area contributed by atoms with Crippen LogP contribution >= 0.6 is 0 Å². The van der Waals surface area contributed by atoms with Crippen LogP contribution in [0.5, 0.6) is 0 Å². The third-order valence-electron chi connectivity index (χ3n) is 4.59. The Kier molecular flexibility index (Phi) is 13.0. The maximum Gasteiger partial charge on any atom is 0.314 e. The molecule has 158 valence electrons. The number of rotatable bonds is 16. The molecule has 0 aromatic rings. The van der Waals surface area contributed by atoms with Crippen molar-refractivity contribution >= 4 is 25.2 Å². The maximum atomic E-state index is 6.90. The molecular formula is C18H46N2O3Si3. The molecule has 26 heavy (non-hydrogen) atoms. The third-order valence-corrected chi connectivity index (χ3v) is 17.1. The first kappa shape index (κ1) is 26.5. The second-order valence-corrected chi connectivity index (χ2v) is 21.4. The van der Waals surface area contributed by atoms with Crippen LogP contribution in [0.1, 0.15) is 27.2 Å². The van der Waals surface area contributed by atoms with Crippen LogP contribution in [0, 0.1) is 5.92 Å². The van der Waals surface area contributed by atoms with Gasteiger partial charge >= 0.3 is 8.56 Å². The molecule has 0 aromatic carbocycles. The van der Waals surface area contributed by atoms with Crippen molar-refractivity contribution in [1.82, 2.24) is 5.32 Å². The van der Waals surface area contributed by atoms with Crippen molar-refractivity contribution in [2.24, 2.45) is 11.7 Å². The van der Waals surface area contributed by atoms with E-state index in [0.717, 1.165) is 50.9 Å². The Labute approximate surface area is 166 Å². The van der Waals surface area contributed by atoms with E-state index in [9.17, 15) is 0 Å². The van der Waals surface area contributed by atoms with E-state index in [4.69, 9.17) is 18.7 Å². The highest BCUT2D eigenvalue weighted by Crippen LogP contribution is 2.30. The minimum absolute atomic E-state index is 0.539. The van der Waals surface area contributed by atoms with Crippen molar-refractivity contribution in [3.8, 4) is 0 Å². The van der Waals surface area contributed by atoms with Crippen molar-refractivity contribution in [1.29, 1.82) is 0 Å². The summed E-state index contributed by atoms with van der Waals surface area (Å²) in [6.45, 7) is 22.4. The third kappa shape index (κ3) is 12.8. The molecule has 0 aliphatic heterocycles. The zero-order valence-corrected chi connectivity index (χ0v) is 21.7. The lowest BCUT2D eigenvalue weighted by Crippen LogP contribution is -2.54. The minimum atomic E-state index is -2.19. The molecule has 0 radical (unpaired) electrons. The molecular weight excluding hydrogens is 376 g/mol. The largest absolute Gasteiger partial charge is 0.436 e. The Morgan fingerprint density at radius 2 is 1.58 bits per heavy atom. The lowest BCUT2D eigenvalue weighted by molar-refractivity contribution is 0.120. The average molecular weight is 423 g/mol. The molecule has 8 heteroatoms. The van der Waals surface area contributed by atoms with Gasteiger partial charge in [-0.3, -0.25) is 0 Å². The summed E-state index contributed by atoms with van der Waals surface area (Å²) in [5.41, 5.74) is 5.56. The Morgan fingerprint density at radius 1 is 0.962 bits per heavy atom. The van der Waals surface area contributed by atoms with Gasteiger partial charge < -0.3 is 24.0 Å². The fourth-order valence-corrected chi connectivity index (χ4v) is 17.6. The van der Waals surface area contributed by atoms with Gasteiger partial charge in [0.05, 0.1) is 0 Å². The van der Waals surface area contributed by atoms with Gasteiger partial charge in [0.2, 0.25) is 0 Å². The average Bonchev–Trinajstić information content (AvgIpc) is 2.51. The summed E-state index contributed by atoms with van der Waals surface area (Å²) in [7, 11) is -5.64. The van der Waals surface area contributed by atoms with Gasteiger partial charge in [-0.05, 0) is 76.7 Å². The van der Waals surface area contributed by atoms with E-state index in [1.54, 1.807) is 0 Å². The molecule has 0 heterocycles. The molecule has 2 atom stereocenters. The first-order valence-corrected chi connectivity index (χ1v) is 19.1. The predicted octanol–water partition coefficient (Wildman–Crippen LogP) is 4.13. The standard InChI is InChI=1S/C18H46N2O3Si3/c1-9-21-16-18(3)17-25(6,7)23-26(8,22-24(4,5)10-2)15-11-13-20-14-12-19/h18,20H,9-17,19H2,1-8H3. The fourth-order valence-electron chi connectivity index (χ4n) is 3.38. The van der Waals surface area contributed by atoms with E-state index < -0.39 is 25.2 Å². The summed E-state index contributed by atoms with van der Waals surface area (Å²) in [6, 6.07) is 3.31. The predicted molar refractivity (Wildman–Crippen MR) is 121 cm³/mol. The monoisotopic (exact) mass is 422 g/mol. The van der Waals surface area contributed by atoms with E-state index in [1.807, 2.05) is 0 Å². The molecule has 0 bridgehead atoms. The smallest absolute Gasteiger partial charge is 0.314 e. The summed E-state index contributed by atoms with van der Waals surface area (Å²) in [6.07, 6.45) is 1.09. The lowest BCUT2D eigenvalue weighted by atomic mass is 10.2. The molecule has 5 nitrogen and oxygen atoms in total. The van der Waals surface area contributed by atoms with Crippen LogP contribution in [0.3, 0.4) is 0 Å². The van der Waals surface area contributed by atoms with Crippen molar-refractivity contribution in [3.05, 3.63) is 0 Å². The summed E-state index contributed by atoms with van der Waals surface area (Å²) in [5.74, 6) is 0.539.